The number of nitrogens with one attached hydrogen (secondary N) is 1. The third-order valence-corrected chi connectivity index (χ3v) is 5.53. The Hall–Kier alpha value is -3.56. The second kappa shape index (κ2) is 10.4. The number of H-pyrrole nitrogens is 1. The molecule has 2 aromatic heterocycles. The lowest BCUT2D eigenvalue weighted by molar-refractivity contribution is 0.177. The fourth-order valence-corrected chi connectivity index (χ4v) is 3.72. The van der Waals surface area contributed by atoms with E-state index >= 15 is 0 Å². The first-order valence-electron chi connectivity index (χ1n) is 10.8. The molecule has 2 aromatic carbocycles. The van der Waals surface area contributed by atoms with Gasteiger partial charge in [0.05, 0.1) is 26.8 Å². The number of nitrogens with zero attached hydrogens (tertiary/aromatic N) is 5. The van der Waals surface area contributed by atoms with E-state index in [0.717, 1.165) is 28.0 Å². The van der Waals surface area contributed by atoms with Crippen molar-refractivity contribution >= 4 is 10.9 Å². The molecule has 0 saturated carbocycles. The minimum Gasteiger partial charge on any atom is -0.497 e. The van der Waals surface area contributed by atoms with Crippen molar-refractivity contribution in [1.82, 2.24) is 30.1 Å². The minimum atomic E-state index is -0.111. The predicted molar refractivity (Wildman–Crippen MR) is 125 cm³/mol. The standard InChI is InChI=1S/C24H28N6O3/c1-17-4-6-18(7-5-17)14-29(16-23-26-27-28-30(23)10-11-32-2)15-20-12-19-13-21(33-3)8-9-22(19)25-24(20)31/h4-9,12-13H,10-11,14-16H2,1-3H3,(H,25,31). The summed E-state index contributed by atoms with van der Waals surface area (Å²) in [5.74, 6) is 1.47. The number of aryl methyl sites for hydroxylation is 1. The topological polar surface area (TPSA) is 98.2 Å². The maximum absolute atomic E-state index is 12.9. The van der Waals surface area contributed by atoms with Gasteiger partial charge < -0.3 is 14.5 Å². The maximum Gasteiger partial charge on any atom is 0.252 e. The summed E-state index contributed by atoms with van der Waals surface area (Å²) in [4.78, 5) is 18.0. The molecule has 0 unspecified atom stereocenters. The molecule has 0 spiro atoms. The van der Waals surface area contributed by atoms with Gasteiger partial charge in [0.1, 0.15) is 5.75 Å². The van der Waals surface area contributed by atoms with Crippen molar-refractivity contribution in [3.63, 3.8) is 0 Å². The molecule has 0 radical (unpaired) electrons. The summed E-state index contributed by atoms with van der Waals surface area (Å²) in [7, 11) is 3.28. The molecule has 0 aliphatic heterocycles. The summed E-state index contributed by atoms with van der Waals surface area (Å²) in [5.41, 5.74) is 3.68. The average Bonchev–Trinajstić information content (AvgIpc) is 3.26. The van der Waals surface area contributed by atoms with E-state index in [9.17, 15) is 4.79 Å². The zero-order valence-corrected chi connectivity index (χ0v) is 19.1. The number of hydrogen-bond donors (Lipinski definition) is 1. The van der Waals surface area contributed by atoms with Crippen LogP contribution >= 0.6 is 0 Å². The minimum absolute atomic E-state index is 0.111. The van der Waals surface area contributed by atoms with Gasteiger partial charge in [0.2, 0.25) is 0 Å². The van der Waals surface area contributed by atoms with Crippen molar-refractivity contribution in [3.8, 4) is 5.75 Å². The van der Waals surface area contributed by atoms with Crippen LogP contribution in [0.2, 0.25) is 0 Å². The van der Waals surface area contributed by atoms with Gasteiger partial charge in [-0.1, -0.05) is 29.8 Å². The van der Waals surface area contributed by atoms with Crippen molar-refractivity contribution in [2.75, 3.05) is 20.8 Å². The lowest BCUT2D eigenvalue weighted by Crippen LogP contribution is -2.28. The SMILES string of the molecule is COCCn1nnnc1CN(Cc1ccc(C)cc1)Cc1cc2cc(OC)ccc2[nH]c1=O. The first kappa shape index (κ1) is 22.6. The largest absolute Gasteiger partial charge is 0.497 e. The van der Waals surface area contributed by atoms with Crippen LogP contribution in [0.15, 0.2) is 53.3 Å². The fourth-order valence-electron chi connectivity index (χ4n) is 3.72. The molecule has 4 rings (SSSR count). The summed E-state index contributed by atoms with van der Waals surface area (Å²) in [6, 6.07) is 15.9. The molecule has 0 bridgehead atoms. The summed E-state index contributed by atoms with van der Waals surface area (Å²) in [6.07, 6.45) is 0. The lowest BCUT2D eigenvalue weighted by Gasteiger charge is -2.22. The van der Waals surface area contributed by atoms with E-state index in [0.29, 0.717) is 38.3 Å². The Bertz CT molecular complexity index is 1270. The van der Waals surface area contributed by atoms with Crippen LogP contribution in [0.4, 0.5) is 0 Å². The molecule has 4 aromatic rings. The smallest absolute Gasteiger partial charge is 0.252 e. The molecule has 0 amide bonds. The molecular formula is C24H28N6O3. The Morgan fingerprint density at radius 2 is 1.85 bits per heavy atom. The van der Waals surface area contributed by atoms with Crippen LogP contribution in [0.1, 0.15) is 22.5 Å². The molecule has 1 N–H and O–H groups in total. The fraction of sp³-hybridized carbons (Fsp3) is 0.333. The van der Waals surface area contributed by atoms with E-state index in [1.54, 1.807) is 18.9 Å². The Kier molecular flexibility index (Phi) is 7.11. The van der Waals surface area contributed by atoms with Crippen molar-refractivity contribution in [2.45, 2.75) is 33.1 Å². The number of fused-ring (bicyclic) bond motifs is 1. The van der Waals surface area contributed by atoms with Gasteiger partial charge in [-0.05, 0) is 47.2 Å². The zero-order chi connectivity index (χ0) is 23.2. The Labute approximate surface area is 191 Å². The molecule has 0 atom stereocenters. The maximum atomic E-state index is 12.9. The Morgan fingerprint density at radius 3 is 2.61 bits per heavy atom. The summed E-state index contributed by atoms with van der Waals surface area (Å²) < 4.78 is 12.2. The molecule has 172 valence electrons. The number of benzene rings is 2. The number of aromatic nitrogens is 5. The monoisotopic (exact) mass is 448 g/mol. The van der Waals surface area contributed by atoms with E-state index in [1.807, 2.05) is 24.3 Å². The number of hydrogen-bond acceptors (Lipinski definition) is 7. The second-order valence-corrected chi connectivity index (χ2v) is 8.02. The van der Waals surface area contributed by atoms with Crippen molar-refractivity contribution in [3.05, 3.63) is 81.4 Å². The van der Waals surface area contributed by atoms with E-state index in [4.69, 9.17) is 9.47 Å². The summed E-state index contributed by atoms with van der Waals surface area (Å²) >= 11 is 0. The highest BCUT2D eigenvalue weighted by molar-refractivity contribution is 5.80. The summed E-state index contributed by atoms with van der Waals surface area (Å²) in [5, 5.41) is 13.0. The summed E-state index contributed by atoms with van der Waals surface area (Å²) in [6.45, 7) is 4.71. The zero-order valence-electron chi connectivity index (χ0n) is 19.1. The second-order valence-electron chi connectivity index (χ2n) is 8.02. The predicted octanol–water partition coefficient (Wildman–Crippen LogP) is 2.68. The molecule has 0 aliphatic rings. The van der Waals surface area contributed by atoms with Crippen LogP contribution in [-0.4, -0.2) is 50.9 Å². The van der Waals surface area contributed by atoms with Gasteiger partial charge in [0, 0.05) is 36.7 Å². The number of tetrazole rings is 1. The highest BCUT2D eigenvalue weighted by Crippen LogP contribution is 2.20. The molecular weight excluding hydrogens is 420 g/mol. The van der Waals surface area contributed by atoms with Crippen LogP contribution < -0.4 is 10.3 Å². The van der Waals surface area contributed by atoms with E-state index < -0.39 is 0 Å². The molecule has 9 nitrogen and oxygen atoms in total. The molecule has 0 saturated heterocycles. The van der Waals surface area contributed by atoms with Gasteiger partial charge >= 0.3 is 0 Å². The quantitative estimate of drug-likeness (QED) is 0.398. The number of pyridine rings is 1. The Balaban J connectivity index is 1.64. The molecule has 0 aliphatic carbocycles. The highest BCUT2D eigenvalue weighted by atomic mass is 16.5. The van der Waals surface area contributed by atoms with Crippen molar-refractivity contribution < 1.29 is 9.47 Å². The van der Waals surface area contributed by atoms with Gasteiger partial charge in [-0.2, -0.15) is 0 Å². The third kappa shape index (κ3) is 5.63. The highest BCUT2D eigenvalue weighted by Gasteiger charge is 2.16. The Morgan fingerprint density at radius 1 is 1.03 bits per heavy atom. The van der Waals surface area contributed by atoms with Gasteiger partial charge in [0.15, 0.2) is 5.82 Å². The van der Waals surface area contributed by atoms with Gasteiger partial charge in [0.25, 0.3) is 5.56 Å². The van der Waals surface area contributed by atoms with Crippen molar-refractivity contribution in [1.29, 1.82) is 0 Å². The number of methoxy groups -OCH3 is 2. The van der Waals surface area contributed by atoms with Gasteiger partial charge in [-0.15, -0.1) is 5.10 Å². The lowest BCUT2D eigenvalue weighted by atomic mass is 10.1. The van der Waals surface area contributed by atoms with Crippen LogP contribution in [0.25, 0.3) is 10.9 Å². The molecule has 9 heteroatoms. The first-order chi connectivity index (χ1) is 16.1. The molecule has 33 heavy (non-hydrogen) atoms. The van der Waals surface area contributed by atoms with E-state index in [1.165, 1.54) is 5.56 Å². The van der Waals surface area contributed by atoms with E-state index in [2.05, 4.69) is 56.6 Å². The van der Waals surface area contributed by atoms with Crippen molar-refractivity contribution in [2.24, 2.45) is 0 Å². The number of ether oxygens (including phenoxy) is 2. The third-order valence-electron chi connectivity index (χ3n) is 5.53. The van der Waals surface area contributed by atoms with Gasteiger partial charge in [-0.3, -0.25) is 9.69 Å². The van der Waals surface area contributed by atoms with Crippen LogP contribution in [0.3, 0.4) is 0 Å². The first-order valence-corrected chi connectivity index (χ1v) is 10.8. The van der Waals surface area contributed by atoms with Crippen LogP contribution in [0.5, 0.6) is 5.75 Å². The molecule has 0 fully saturated rings. The normalized spacial score (nSPS) is 11.4. The number of aromatic amines is 1. The average molecular weight is 449 g/mol. The van der Waals surface area contributed by atoms with Gasteiger partial charge in [-0.25, -0.2) is 4.68 Å². The van der Waals surface area contributed by atoms with Crippen LogP contribution in [0, 0.1) is 6.92 Å². The van der Waals surface area contributed by atoms with Crippen LogP contribution in [-0.2, 0) is 30.9 Å². The van der Waals surface area contributed by atoms with E-state index in [-0.39, 0.29) is 5.56 Å². The number of rotatable bonds is 10. The molecule has 2 heterocycles.